The summed E-state index contributed by atoms with van der Waals surface area (Å²) in [7, 11) is 0. The molecule has 0 atom stereocenters. The molecule has 24 heavy (non-hydrogen) atoms. The highest BCUT2D eigenvalue weighted by molar-refractivity contribution is 5.78. The zero-order valence-electron chi connectivity index (χ0n) is 15.6. The van der Waals surface area contributed by atoms with E-state index in [2.05, 4.69) is 22.0 Å². The van der Waals surface area contributed by atoms with Gasteiger partial charge in [-0.1, -0.05) is 6.92 Å². The van der Waals surface area contributed by atoms with Crippen molar-refractivity contribution in [3.05, 3.63) is 0 Å². The number of hydrogen-bond donors (Lipinski definition) is 1. The molecule has 0 radical (unpaired) electrons. The van der Waals surface area contributed by atoms with Crippen LogP contribution in [0.3, 0.4) is 0 Å². The second kappa shape index (κ2) is 8.19. The first-order valence-electron chi connectivity index (χ1n) is 9.30. The van der Waals surface area contributed by atoms with E-state index in [1.165, 1.54) is 0 Å². The average molecular weight is 339 g/mol. The highest BCUT2D eigenvalue weighted by atomic mass is 16.6. The Bertz CT molecular complexity index is 435. The summed E-state index contributed by atoms with van der Waals surface area (Å²) in [5, 5.41) is 2.69. The fourth-order valence-corrected chi connectivity index (χ4v) is 3.29. The zero-order valence-corrected chi connectivity index (χ0v) is 15.6. The van der Waals surface area contributed by atoms with E-state index in [-0.39, 0.29) is 5.91 Å². The fraction of sp³-hybridized carbons (Fsp3) is 0.889. The largest absolute Gasteiger partial charge is 0.444 e. The summed E-state index contributed by atoms with van der Waals surface area (Å²) >= 11 is 0. The summed E-state index contributed by atoms with van der Waals surface area (Å²) in [4.78, 5) is 28.9. The van der Waals surface area contributed by atoms with Crippen molar-refractivity contribution < 1.29 is 14.3 Å². The van der Waals surface area contributed by atoms with E-state index in [0.717, 1.165) is 45.3 Å². The number of alkyl carbamates (subject to hydrolysis) is 1. The maximum absolute atomic E-state index is 12.7. The van der Waals surface area contributed by atoms with Crippen LogP contribution < -0.4 is 5.32 Å². The van der Waals surface area contributed by atoms with Crippen molar-refractivity contribution in [2.75, 3.05) is 26.2 Å². The Morgan fingerprint density at radius 3 is 2.21 bits per heavy atom. The number of carbonyl (C=O) groups is 2. The maximum Gasteiger partial charge on any atom is 0.407 e. The Hall–Kier alpha value is -1.30. The second-order valence-electron chi connectivity index (χ2n) is 7.88. The fourth-order valence-electron chi connectivity index (χ4n) is 3.29. The standard InChI is InChI=1S/C18H33N3O3/c1-5-20-12-9-15(10-13-20)21(14-6-7-14)16(22)8-11-19-17(23)24-18(2,3)4/h14-15H,5-13H2,1-4H3,(H,19,23). The van der Waals surface area contributed by atoms with Gasteiger partial charge in [0.25, 0.3) is 0 Å². The Labute approximate surface area is 145 Å². The summed E-state index contributed by atoms with van der Waals surface area (Å²) in [6, 6.07) is 0.798. The number of nitrogens with zero attached hydrogens (tertiary/aromatic N) is 2. The summed E-state index contributed by atoms with van der Waals surface area (Å²) in [6.45, 7) is 11.3. The van der Waals surface area contributed by atoms with Crippen molar-refractivity contribution in [2.45, 2.75) is 77.5 Å². The number of piperidine rings is 1. The molecule has 1 heterocycles. The number of ether oxygens (including phenoxy) is 1. The summed E-state index contributed by atoms with van der Waals surface area (Å²) < 4.78 is 5.20. The van der Waals surface area contributed by atoms with Gasteiger partial charge >= 0.3 is 6.09 Å². The molecule has 2 aliphatic rings. The van der Waals surface area contributed by atoms with Crippen LogP contribution in [0.4, 0.5) is 4.79 Å². The molecule has 0 spiro atoms. The molecule has 6 nitrogen and oxygen atoms in total. The van der Waals surface area contributed by atoms with E-state index < -0.39 is 11.7 Å². The van der Waals surface area contributed by atoms with Crippen LogP contribution in [-0.2, 0) is 9.53 Å². The van der Waals surface area contributed by atoms with E-state index in [1.807, 2.05) is 20.8 Å². The highest BCUT2D eigenvalue weighted by Gasteiger charge is 2.38. The molecule has 2 fully saturated rings. The van der Waals surface area contributed by atoms with Gasteiger partial charge in [-0.3, -0.25) is 4.79 Å². The lowest BCUT2D eigenvalue weighted by Crippen LogP contribution is -2.49. The molecular weight excluding hydrogens is 306 g/mol. The lowest BCUT2D eigenvalue weighted by molar-refractivity contribution is -0.135. The van der Waals surface area contributed by atoms with Gasteiger partial charge in [0.15, 0.2) is 0 Å². The minimum atomic E-state index is -0.513. The van der Waals surface area contributed by atoms with Gasteiger partial charge in [0.1, 0.15) is 5.60 Å². The predicted molar refractivity (Wildman–Crippen MR) is 93.9 cm³/mol. The number of likely N-dealkylation sites (tertiary alicyclic amines) is 1. The average Bonchev–Trinajstić information content (AvgIpc) is 3.31. The molecule has 1 saturated heterocycles. The van der Waals surface area contributed by atoms with Crippen LogP contribution in [0.15, 0.2) is 0 Å². The Morgan fingerprint density at radius 1 is 1.12 bits per heavy atom. The van der Waals surface area contributed by atoms with Gasteiger partial charge in [-0.15, -0.1) is 0 Å². The number of carbonyl (C=O) groups excluding carboxylic acids is 2. The van der Waals surface area contributed by atoms with Crippen molar-refractivity contribution in [3.63, 3.8) is 0 Å². The second-order valence-corrected chi connectivity index (χ2v) is 7.88. The van der Waals surface area contributed by atoms with Crippen molar-refractivity contribution in [1.82, 2.24) is 15.1 Å². The summed E-state index contributed by atoms with van der Waals surface area (Å²) in [6.07, 6.45) is 4.28. The first-order valence-corrected chi connectivity index (χ1v) is 9.30. The molecule has 0 unspecified atom stereocenters. The third-order valence-electron chi connectivity index (χ3n) is 4.63. The lowest BCUT2D eigenvalue weighted by Gasteiger charge is -2.38. The smallest absolute Gasteiger partial charge is 0.407 e. The number of amides is 2. The van der Waals surface area contributed by atoms with E-state index in [4.69, 9.17) is 4.74 Å². The Morgan fingerprint density at radius 2 is 1.71 bits per heavy atom. The van der Waals surface area contributed by atoms with Crippen LogP contribution in [-0.4, -0.2) is 65.7 Å². The van der Waals surface area contributed by atoms with Gasteiger partial charge in [-0.05, 0) is 53.0 Å². The van der Waals surface area contributed by atoms with Crippen LogP contribution in [0, 0.1) is 0 Å². The predicted octanol–water partition coefficient (Wildman–Crippen LogP) is 2.38. The van der Waals surface area contributed by atoms with Gasteiger partial charge in [0, 0.05) is 38.1 Å². The number of hydrogen-bond acceptors (Lipinski definition) is 4. The third kappa shape index (κ3) is 5.96. The lowest BCUT2D eigenvalue weighted by atomic mass is 10.0. The van der Waals surface area contributed by atoms with Crippen LogP contribution in [0.5, 0.6) is 0 Å². The monoisotopic (exact) mass is 339 g/mol. The van der Waals surface area contributed by atoms with Crippen molar-refractivity contribution in [2.24, 2.45) is 0 Å². The van der Waals surface area contributed by atoms with Crippen molar-refractivity contribution in [1.29, 1.82) is 0 Å². The SMILES string of the molecule is CCN1CCC(N(C(=O)CCNC(=O)OC(C)(C)C)C2CC2)CC1. The van der Waals surface area contributed by atoms with Crippen LogP contribution >= 0.6 is 0 Å². The molecule has 0 aromatic rings. The molecule has 2 rings (SSSR count). The number of nitrogens with one attached hydrogen (secondary N) is 1. The zero-order chi connectivity index (χ0) is 17.7. The molecule has 0 bridgehead atoms. The highest BCUT2D eigenvalue weighted by Crippen LogP contribution is 2.32. The molecule has 6 heteroatoms. The van der Waals surface area contributed by atoms with Crippen molar-refractivity contribution >= 4 is 12.0 Å². The van der Waals surface area contributed by atoms with Crippen LogP contribution in [0.1, 0.15) is 59.8 Å². The molecule has 1 aliphatic carbocycles. The van der Waals surface area contributed by atoms with Gasteiger partial charge in [-0.2, -0.15) is 0 Å². The topological polar surface area (TPSA) is 61.9 Å². The van der Waals surface area contributed by atoms with Crippen molar-refractivity contribution in [3.8, 4) is 0 Å². The Balaban J connectivity index is 1.77. The van der Waals surface area contributed by atoms with Crippen LogP contribution in [0.2, 0.25) is 0 Å². The Kier molecular flexibility index (Phi) is 6.49. The first kappa shape index (κ1) is 19.0. The quantitative estimate of drug-likeness (QED) is 0.807. The van der Waals surface area contributed by atoms with E-state index in [1.54, 1.807) is 0 Å². The minimum absolute atomic E-state index is 0.170. The maximum atomic E-state index is 12.7. The molecule has 1 N–H and O–H groups in total. The normalized spacial score (nSPS) is 19.8. The molecule has 1 aliphatic heterocycles. The molecule has 138 valence electrons. The molecular formula is C18H33N3O3. The molecule has 1 saturated carbocycles. The van der Waals surface area contributed by atoms with E-state index in [0.29, 0.717) is 25.0 Å². The molecule has 2 amide bonds. The van der Waals surface area contributed by atoms with E-state index >= 15 is 0 Å². The molecule has 0 aromatic heterocycles. The molecule has 0 aromatic carbocycles. The van der Waals surface area contributed by atoms with Gasteiger partial charge in [0.05, 0.1) is 0 Å². The minimum Gasteiger partial charge on any atom is -0.444 e. The van der Waals surface area contributed by atoms with Gasteiger partial charge in [-0.25, -0.2) is 4.79 Å². The van der Waals surface area contributed by atoms with Gasteiger partial charge < -0.3 is 19.9 Å². The van der Waals surface area contributed by atoms with E-state index in [9.17, 15) is 9.59 Å². The summed E-state index contributed by atoms with van der Waals surface area (Å²) in [5.74, 6) is 0.170. The number of rotatable bonds is 6. The van der Waals surface area contributed by atoms with Gasteiger partial charge in [0.2, 0.25) is 5.91 Å². The first-order chi connectivity index (χ1) is 11.3. The van der Waals surface area contributed by atoms with Crippen LogP contribution in [0.25, 0.3) is 0 Å². The third-order valence-corrected chi connectivity index (χ3v) is 4.63. The summed E-state index contributed by atoms with van der Waals surface area (Å²) in [5.41, 5.74) is -0.513.